The first-order valence-electron chi connectivity index (χ1n) is 8.42. The van der Waals surface area contributed by atoms with Crippen molar-refractivity contribution < 1.29 is 0 Å². The standard InChI is InChI=1S/C19H29N/c1-2-3-4-5-6-7-8-11-16-20-17-12-14-18-13-9-10-15-19(18)20/h9-10,12-15H,2-8,11,16-17H2,1H3. The number of unbranched alkanes of at least 4 members (excludes halogenated alkanes) is 7. The molecule has 1 heterocycles. The van der Waals surface area contributed by atoms with Crippen LogP contribution in [0, 0.1) is 0 Å². The van der Waals surface area contributed by atoms with Crippen molar-refractivity contribution in [3.8, 4) is 0 Å². The lowest BCUT2D eigenvalue weighted by Gasteiger charge is -2.28. The van der Waals surface area contributed by atoms with Gasteiger partial charge in [0, 0.05) is 18.8 Å². The molecule has 0 aliphatic carbocycles. The van der Waals surface area contributed by atoms with E-state index in [1.807, 2.05) is 0 Å². The van der Waals surface area contributed by atoms with E-state index in [-0.39, 0.29) is 0 Å². The number of benzene rings is 1. The largest absolute Gasteiger partial charge is 0.367 e. The van der Waals surface area contributed by atoms with E-state index in [9.17, 15) is 0 Å². The summed E-state index contributed by atoms with van der Waals surface area (Å²) in [6.45, 7) is 4.56. The Balaban J connectivity index is 1.62. The molecule has 1 aliphatic heterocycles. The maximum Gasteiger partial charge on any atom is 0.0442 e. The van der Waals surface area contributed by atoms with Gasteiger partial charge in [-0.2, -0.15) is 0 Å². The fourth-order valence-electron chi connectivity index (χ4n) is 2.97. The van der Waals surface area contributed by atoms with Crippen LogP contribution in [0.25, 0.3) is 6.08 Å². The number of hydrogen-bond donors (Lipinski definition) is 0. The molecule has 1 aromatic rings. The molecule has 1 heteroatoms. The highest BCUT2D eigenvalue weighted by molar-refractivity contribution is 5.71. The topological polar surface area (TPSA) is 3.24 Å². The maximum atomic E-state index is 2.52. The lowest BCUT2D eigenvalue weighted by molar-refractivity contribution is 0.573. The summed E-state index contributed by atoms with van der Waals surface area (Å²) in [6.07, 6.45) is 15.7. The van der Waals surface area contributed by atoms with E-state index in [1.165, 1.54) is 69.2 Å². The molecule has 0 spiro atoms. The maximum absolute atomic E-state index is 2.52. The Hall–Kier alpha value is -1.24. The molecule has 2 rings (SSSR count). The van der Waals surface area contributed by atoms with Gasteiger partial charge in [0.2, 0.25) is 0 Å². The van der Waals surface area contributed by atoms with Gasteiger partial charge < -0.3 is 4.90 Å². The van der Waals surface area contributed by atoms with Gasteiger partial charge in [0.25, 0.3) is 0 Å². The number of anilines is 1. The van der Waals surface area contributed by atoms with Crippen molar-refractivity contribution in [1.29, 1.82) is 0 Å². The second kappa shape index (κ2) is 8.84. The molecular weight excluding hydrogens is 242 g/mol. The Morgan fingerprint density at radius 2 is 1.60 bits per heavy atom. The Morgan fingerprint density at radius 1 is 0.900 bits per heavy atom. The fourth-order valence-corrected chi connectivity index (χ4v) is 2.97. The molecule has 110 valence electrons. The molecular formula is C19H29N. The monoisotopic (exact) mass is 271 g/mol. The van der Waals surface area contributed by atoms with Crippen LogP contribution in [0.2, 0.25) is 0 Å². The van der Waals surface area contributed by atoms with Crippen LogP contribution >= 0.6 is 0 Å². The third-order valence-electron chi connectivity index (χ3n) is 4.18. The normalized spacial score (nSPS) is 13.6. The van der Waals surface area contributed by atoms with Gasteiger partial charge in [-0.1, -0.05) is 82.2 Å². The zero-order valence-corrected chi connectivity index (χ0v) is 13.0. The van der Waals surface area contributed by atoms with Crippen LogP contribution in [0.1, 0.15) is 63.9 Å². The zero-order chi connectivity index (χ0) is 14.0. The van der Waals surface area contributed by atoms with Crippen molar-refractivity contribution in [2.75, 3.05) is 18.0 Å². The van der Waals surface area contributed by atoms with Crippen LogP contribution in [-0.4, -0.2) is 13.1 Å². The minimum atomic E-state index is 1.08. The number of fused-ring (bicyclic) bond motifs is 1. The molecule has 0 fully saturated rings. The van der Waals surface area contributed by atoms with Crippen LogP contribution in [0.3, 0.4) is 0 Å². The summed E-state index contributed by atoms with van der Waals surface area (Å²) in [5.41, 5.74) is 2.79. The van der Waals surface area contributed by atoms with Crippen molar-refractivity contribution in [2.45, 2.75) is 58.3 Å². The summed E-state index contributed by atoms with van der Waals surface area (Å²) < 4.78 is 0. The van der Waals surface area contributed by atoms with E-state index in [4.69, 9.17) is 0 Å². The van der Waals surface area contributed by atoms with E-state index in [0.717, 1.165) is 6.54 Å². The van der Waals surface area contributed by atoms with Crippen molar-refractivity contribution in [3.05, 3.63) is 35.9 Å². The van der Waals surface area contributed by atoms with Gasteiger partial charge in [-0.05, 0) is 18.1 Å². The zero-order valence-electron chi connectivity index (χ0n) is 13.0. The molecule has 0 bridgehead atoms. The lowest BCUT2D eigenvalue weighted by Crippen LogP contribution is -2.26. The first-order valence-corrected chi connectivity index (χ1v) is 8.42. The van der Waals surface area contributed by atoms with E-state index in [2.05, 4.69) is 48.2 Å². The minimum Gasteiger partial charge on any atom is -0.367 e. The quantitative estimate of drug-likeness (QED) is 0.524. The van der Waals surface area contributed by atoms with Gasteiger partial charge in [-0.15, -0.1) is 0 Å². The van der Waals surface area contributed by atoms with E-state index in [0.29, 0.717) is 0 Å². The second-order valence-corrected chi connectivity index (χ2v) is 5.88. The molecule has 0 aromatic heterocycles. The Kier molecular flexibility index (Phi) is 6.70. The number of rotatable bonds is 9. The van der Waals surface area contributed by atoms with Gasteiger partial charge in [-0.25, -0.2) is 0 Å². The summed E-state index contributed by atoms with van der Waals surface area (Å²) in [7, 11) is 0. The molecule has 0 radical (unpaired) electrons. The molecule has 0 unspecified atom stereocenters. The highest BCUT2D eigenvalue weighted by Gasteiger charge is 2.11. The molecule has 1 aliphatic rings. The fraction of sp³-hybridized carbons (Fsp3) is 0.579. The summed E-state index contributed by atoms with van der Waals surface area (Å²) in [5, 5.41) is 0. The van der Waals surface area contributed by atoms with Crippen LogP contribution in [0.15, 0.2) is 30.3 Å². The third-order valence-corrected chi connectivity index (χ3v) is 4.18. The average molecular weight is 271 g/mol. The van der Waals surface area contributed by atoms with E-state index < -0.39 is 0 Å². The van der Waals surface area contributed by atoms with Crippen LogP contribution in [-0.2, 0) is 0 Å². The predicted octanol–water partition coefficient (Wildman–Crippen LogP) is 5.66. The highest BCUT2D eigenvalue weighted by atomic mass is 15.1. The highest BCUT2D eigenvalue weighted by Crippen LogP contribution is 2.25. The molecule has 1 nitrogen and oxygen atoms in total. The van der Waals surface area contributed by atoms with Crippen molar-refractivity contribution in [2.24, 2.45) is 0 Å². The first kappa shape index (κ1) is 15.2. The summed E-state index contributed by atoms with van der Waals surface area (Å²) in [5.74, 6) is 0. The van der Waals surface area contributed by atoms with Gasteiger partial charge in [0.05, 0.1) is 0 Å². The molecule has 0 saturated heterocycles. The first-order chi connectivity index (χ1) is 9.92. The van der Waals surface area contributed by atoms with Gasteiger partial charge in [0.1, 0.15) is 0 Å². The lowest BCUT2D eigenvalue weighted by atomic mass is 10.1. The van der Waals surface area contributed by atoms with Crippen molar-refractivity contribution >= 4 is 11.8 Å². The van der Waals surface area contributed by atoms with Gasteiger partial charge >= 0.3 is 0 Å². The van der Waals surface area contributed by atoms with Crippen LogP contribution in [0.4, 0.5) is 5.69 Å². The number of hydrogen-bond acceptors (Lipinski definition) is 1. The average Bonchev–Trinajstić information content (AvgIpc) is 2.50. The van der Waals surface area contributed by atoms with Crippen LogP contribution in [0.5, 0.6) is 0 Å². The molecule has 20 heavy (non-hydrogen) atoms. The predicted molar refractivity (Wildman–Crippen MR) is 90.3 cm³/mol. The molecule has 1 aromatic carbocycles. The van der Waals surface area contributed by atoms with Gasteiger partial charge in [-0.3, -0.25) is 0 Å². The Bertz CT molecular complexity index is 408. The van der Waals surface area contributed by atoms with E-state index >= 15 is 0 Å². The minimum absolute atomic E-state index is 1.08. The van der Waals surface area contributed by atoms with Crippen molar-refractivity contribution in [1.82, 2.24) is 0 Å². The summed E-state index contributed by atoms with van der Waals surface area (Å²) in [4.78, 5) is 2.52. The number of nitrogens with zero attached hydrogens (tertiary/aromatic N) is 1. The molecule has 0 atom stereocenters. The van der Waals surface area contributed by atoms with Crippen molar-refractivity contribution in [3.63, 3.8) is 0 Å². The Morgan fingerprint density at radius 3 is 2.40 bits per heavy atom. The number of para-hydroxylation sites is 1. The molecule has 0 N–H and O–H groups in total. The second-order valence-electron chi connectivity index (χ2n) is 5.88. The molecule has 0 saturated carbocycles. The SMILES string of the molecule is CCCCCCCCCCN1CC=Cc2ccccc21. The summed E-state index contributed by atoms with van der Waals surface area (Å²) >= 11 is 0. The Labute approximate surface area is 124 Å². The van der Waals surface area contributed by atoms with Gasteiger partial charge in [0.15, 0.2) is 0 Å². The summed E-state index contributed by atoms with van der Waals surface area (Å²) in [6, 6.07) is 8.75. The third kappa shape index (κ3) is 4.70. The molecule has 0 amide bonds. The smallest absolute Gasteiger partial charge is 0.0442 e. The van der Waals surface area contributed by atoms with E-state index in [1.54, 1.807) is 0 Å². The van der Waals surface area contributed by atoms with Crippen LogP contribution < -0.4 is 4.90 Å².